The molecule has 0 bridgehead atoms. The van der Waals surface area contributed by atoms with Crippen LogP contribution in [-0.4, -0.2) is 52.7 Å². The standard InChI is InChI=1S/C20H25N3O3/c1-2-16-10-17(26-21-16)12-22-13-18-19(14-22)25-9-8-20(24)23(18)11-15-6-4-3-5-7-15/h3-7,10,18-19H,2,8-9,11-14H2,1H3/t18-,19-/m0/s1. The van der Waals surface area contributed by atoms with E-state index in [1.807, 2.05) is 29.2 Å². The van der Waals surface area contributed by atoms with Gasteiger partial charge >= 0.3 is 0 Å². The summed E-state index contributed by atoms with van der Waals surface area (Å²) >= 11 is 0. The molecule has 0 N–H and O–H groups in total. The molecule has 2 aliphatic heterocycles. The molecule has 3 heterocycles. The highest BCUT2D eigenvalue weighted by Crippen LogP contribution is 2.26. The van der Waals surface area contributed by atoms with Crippen molar-refractivity contribution in [3.63, 3.8) is 0 Å². The lowest BCUT2D eigenvalue weighted by molar-refractivity contribution is -0.133. The van der Waals surface area contributed by atoms with Crippen molar-refractivity contribution < 1.29 is 14.1 Å². The Morgan fingerprint density at radius 2 is 2.04 bits per heavy atom. The van der Waals surface area contributed by atoms with Gasteiger partial charge in [-0.3, -0.25) is 9.69 Å². The number of carbonyl (C=O) groups is 1. The summed E-state index contributed by atoms with van der Waals surface area (Å²) in [6.07, 6.45) is 1.39. The highest BCUT2D eigenvalue weighted by Gasteiger charge is 2.41. The van der Waals surface area contributed by atoms with E-state index in [0.29, 0.717) is 26.1 Å². The maximum Gasteiger partial charge on any atom is 0.225 e. The summed E-state index contributed by atoms with van der Waals surface area (Å²) in [5.41, 5.74) is 2.13. The van der Waals surface area contributed by atoms with Crippen LogP contribution in [0, 0.1) is 0 Å². The molecule has 2 atom stereocenters. The molecule has 2 fully saturated rings. The summed E-state index contributed by atoms with van der Waals surface area (Å²) in [6, 6.07) is 12.3. The first-order valence-electron chi connectivity index (χ1n) is 9.34. The predicted octanol–water partition coefficient (Wildman–Crippen LogP) is 2.24. The van der Waals surface area contributed by atoms with Gasteiger partial charge < -0.3 is 14.2 Å². The molecule has 26 heavy (non-hydrogen) atoms. The van der Waals surface area contributed by atoms with E-state index in [1.54, 1.807) is 0 Å². The lowest BCUT2D eigenvalue weighted by Crippen LogP contribution is -2.45. The smallest absolute Gasteiger partial charge is 0.225 e. The van der Waals surface area contributed by atoms with Gasteiger partial charge in [-0.25, -0.2) is 0 Å². The number of ether oxygens (including phenoxy) is 1. The third-order valence-electron chi connectivity index (χ3n) is 5.23. The largest absolute Gasteiger partial charge is 0.374 e. The number of amides is 1. The SMILES string of the molecule is CCc1cc(CN2C[C@@H]3OCCC(=O)N(Cc4ccccc4)[C@H]3C2)on1. The zero-order chi connectivity index (χ0) is 17.9. The van der Waals surface area contributed by atoms with Gasteiger partial charge in [-0.05, 0) is 12.0 Å². The summed E-state index contributed by atoms with van der Waals surface area (Å²) < 4.78 is 11.4. The van der Waals surface area contributed by atoms with Crippen LogP contribution in [0.1, 0.15) is 30.4 Å². The Morgan fingerprint density at radius 3 is 2.81 bits per heavy atom. The lowest BCUT2D eigenvalue weighted by Gasteiger charge is -2.29. The Labute approximate surface area is 153 Å². The highest BCUT2D eigenvalue weighted by molar-refractivity contribution is 5.77. The number of aromatic nitrogens is 1. The van der Waals surface area contributed by atoms with Gasteiger partial charge in [-0.2, -0.15) is 0 Å². The molecule has 1 amide bonds. The Balaban J connectivity index is 1.48. The topological polar surface area (TPSA) is 58.8 Å². The average Bonchev–Trinajstić information content (AvgIpc) is 3.24. The van der Waals surface area contributed by atoms with E-state index in [4.69, 9.17) is 9.26 Å². The number of fused-ring (bicyclic) bond motifs is 1. The molecule has 4 rings (SSSR count). The maximum atomic E-state index is 12.7. The van der Waals surface area contributed by atoms with Crippen LogP contribution in [0.3, 0.4) is 0 Å². The van der Waals surface area contributed by atoms with Gasteiger partial charge in [0.1, 0.15) is 0 Å². The second-order valence-corrected chi connectivity index (χ2v) is 7.07. The monoisotopic (exact) mass is 355 g/mol. The number of likely N-dealkylation sites (tertiary alicyclic amines) is 1. The number of benzene rings is 1. The van der Waals surface area contributed by atoms with E-state index in [2.05, 4.69) is 29.1 Å². The molecular weight excluding hydrogens is 330 g/mol. The molecule has 0 radical (unpaired) electrons. The summed E-state index contributed by atoms with van der Waals surface area (Å²) in [6.45, 7) is 5.52. The predicted molar refractivity (Wildman–Crippen MR) is 96.3 cm³/mol. The molecule has 1 aromatic carbocycles. The molecule has 0 unspecified atom stereocenters. The molecule has 2 aromatic rings. The number of hydrogen-bond acceptors (Lipinski definition) is 5. The molecule has 1 aromatic heterocycles. The van der Waals surface area contributed by atoms with E-state index in [0.717, 1.165) is 36.5 Å². The van der Waals surface area contributed by atoms with Crippen molar-refractivity contribution in [3.05, 3.63) is 53.4 Å². The zero-order valence-electron chi connectivity index (χ0n) is 15.1. The molecular formula is C20H25N3O3. The van der Waals surface area contributed by atoms with Gasteiger partial charge in [-0.1, -0.05) is 42.4 Å². The van der Waals surface area contributed by atoms with E-state index < -0.39 is 0 Å². The van der Waals surface area contributed by atoms with Gasteiger partial charge in [0.05, 0.1) is 37.4 Å². The maximum absolute atomic E-state index is 12.7. The number of hydrogen-bond donors (Lipinski definition) is 0. The summed E-state index contributed by atoms with van der Waals surface area (Å²) in [5, 5.41) is 4.07. The highest BCUT2D eigenvalue weighted by atomic mass is 16.5. The Bertz CT molecular complexity index is 746. The van der Waals surface area contributed by atoms with E-state index in [-0.39, 0.29) is 18.1 Å². The first-order chi connectivity index (χ1) is 12.7. The zero-order valence-corrected chi connectivity index (χ0v) is 15.1. The quantitative estimate of drug-likeness (QED) is 0.823. The minimum atomic E-state index is 0.0544. The van der Waals surface area contributed by atoms with E-state index in [9.17, 15) is 4.79 Å². The molecule has 2 saturated heterocycles. The molecule has 0 saturated carbocycles. The molecule has 2 aliphatic rings. The second kappa shape index (κ2) is 7.60. The van der Waals surface area contributed by atoms with Gasteiger partial charge in [0.15, 0.2) is 5.76 Å². The van der Waals surface area contributed by atoms with Crippen LogP contribution in [-0.2, 0) is 29.0 Å². The molecule has 0 aliphatic carbocycles. The van der Waals surface area contributed by atoms with Crippen molar-refractivity contribution in [3.8, 4) is 0 Å². The number of carbonyl (C=O) groups excluding carboxylic acids is 1. The van der Waals surface area contributed by atoms with Crippen LogP contribution >= 0.6 is 0 Å². The molecule has 138 valence electrons. The number of rotatable bonds is 5. The van der Waals surface area contributed by atoms with Crippen molar-refractivity contribution in [2.24, 2.45) is 0 Å². The number of aryl methyl sites for hydroxylation is 1. The first kappa shape index (κ1) is 17.2. The first-order valence-corrected chi connectivity index (χ1v) is 9.34. The Morgan fingerprint density at radius 1 is 1.19 bits per heavy atom. The van der Waals surface area contributed by atoms with Crippen molar-refractivity contribution in [2.45, 2.75) is 45.0 Å². The summed E-state index contributed by atoms with van der Waals surface area (Å²) in [7, 11) is 0. The van der Waals surface area contributed by atoms with Crippen LogP contribution in [0.25, 0.3) is 0 Å². The van der Waals surface area contributed by atoms with Crippen LogP contribution in [0.5, 0.6) is 0 Å². The van der Waals surface area contributed by atoms with Gasteiger partial charge in [-0.15, -0.1) is 0 Å². The number of nitrogens with zero attached hydrogens (tertiary/aromatic N) is 3. The van der Waals surface area contributed by atoms with Crippen molar-refractivity contribution >= 4 is 5.91 Å². The third-order valence-corrected chi connectivity index (χ3v) is 5.23. The fourth-order valence-electron chi connectivity index (χ4n) is 3.85. The Kier molecular flexibility index (Phi) is 5.04. The van der Waals surface area contributed by atoms with Crippen molar-refractivity contribution in [1.82, 2.24) is 15.0 Å². The molecule has 6 heteroatoms. The molecule has 6 nitrogen and oxygen atoms in total. The summed E-state index contributed by atoms with van der Waals surface area (Å²) in [4.78, 5) is 17.0. The van der Waals surface area contributed by atoms with Crippen molar-refractivity contribution in [2.75, 3.05) is 19.7 Å². The van der Waals surface area contributed by atoms with Gasteiger partial charge in [0.25, 0.3) is 0 Å². The van der Waals surface area contributed by atoms with Crippen LogP contribution in [0.15, 0.2) is 40.9 Å². The second-order valence-electron chi connectivity index (χ2n) is 7.07. The average molecular weight is 355 g/mol. The lowest BCUT2D eigenvalue weighted by atomic mass is 10.1. The van der Waals surface area contributed by atoms with Crippen LogP contribution in [0.2, 0.25) is 0 Å². The minimum absolute atomic E-state index is 0.0544. The van der Waals surface area contributed by atoms with Crippen LogP contribution < -0.4 is 0 Å². The Hall–Kier alpha value is -2.18. The summed E-state index contributed by atoms with van der Waals surface area (Å²) in [5.74, 6) is 1.05. The van der Waals surface area contributed by atoms with Gasteiger partial charge in [0.2, 0.25) is 5.91 Å². The fraction of sp³-hybridized carbons (Fsp3) is 0.500. The van der Waals surface area contributed by atoms with Gasteiger partial charge in [0, 0.05) is 25.7 Å². The van der Waals surface area contributed by atoms with E-state index in [1.165, 1.54) is 0 Å². The third kappa shape index (κ3) is 3.66. The van der Waals surface area contributed by atoms with E-state index >= 15 is 0 Å². The van der Waals surface area contributed by atoms with Crippen molar-refractivity contribution in [1.29, 1.82) is 0 Å². The fourth-order valence-corrected chi connectivity index (χ4v) is 3.85. The molecule has 0 spiro atoms. The van der Waals surface area contributed by atoms with Crippen LogP contribution in [0.4, 0.5) is 0 Å². The normalized spacial score (nSPS) is 23.9. The minimum Gasteiger partial charge on any atom is -0.374 e.